The third-order valence-corrected chi connectivity index (χ3v) is 3.64. The molecular weight excluding hydrogens is 284 g/mol. The summed E-state index contributed by atoms with van der Waals surface area (Å²) < 4.78 is 0. The SMILES string of the molecule is C#Cc1cccc(N(N)C(=O)NN)c1/C=C/c1cccs1. The largest absolute Gasteiger partial charge is 0.350 e. The molecule has 106 valence electrons. The molecule has 1 heterocycles. The normalized spacial score (nSPS) is 10.3. The second-order valence-electron chi connectivity index (χ2n) is 4.05. The van der Waals surface area contributed by atoms with Gasteiger partial charge < -0.3 is 0 Å². The third kappa shape index (κ3) is 3.30. The summed E-state index contributed by atoms with van der Waals surface area (Å²) >= 11 is 1.60. The number of anilines is 1. The molecule has 0 spiro atoms. The van der Waals surface area contributed by atoms with Crippen molar-refractivity contribution in [3.8, 4) is 12.3 Å². The highest BCUT2D eigenvalue weighted by atomic mass is 32.1. The van der Waals surface area contributed by atoms with Gasteiger partial charge in [-0.1, -0.05) is 24.1 Å². The van der Waals surface area contributed by atoms with Crippen LogP contribution >= 0.6 is 11.3 Å². The zero-order chi connectivity index (χ0) is 15.2. The first kappa shape index (κ1) is 14.8. The molecule has 0 saturated heterocycles. The lowest BCUT2D eigenvalue weighted by molar-refractivity contribution is 0.246. The van der Waals surface area contributed by atoms with Gasteiger partial charge in [-0.2, -0.15) is 0 Å². The highest BCUT2D eigenvalue weighted by Crippen LogP contribution is 2.25. The van der Waals surface area contributed by atoms with E-state index in [1.165, 1.54) is 0 Å². The van der Waals surface area contributed by atoms with E-state index in [0.29, 0.717) is 16.8 Å². The summed E-state index contributed by atoms with van der Waals surface area (Å²) in [7, 11) is 0. The molecule has 0 aliphatic rings. The smallest absolute Gasteiger partial charge is 0.274 e. The lowest BCUT2D eigenvalue weighted by Crippen LogP contribution is -2.48. The first-order valence-electron chi connectivity index (χ1n) is 6.04. The van der Waals surface area contributed by atoms with Crippen molar-refractivity contribution in [2.45, 2.75) is 0 Å². The highest BCUT2D eigenvalue weighted by molar-refractivity contribution is 7.10. The fourth-order valence-corrected chi connectivity index (χ4v) is 2.41. The Bertz CT molecular complexity index is 701. The summed E-state index contributed by atoms with van der Waals surface area (Å²) in [6.07, 6.45) is 9.26. The zero-order valence-electron chi connectivity index (χ0n) is 11.1. The maximum Gasteiger partial charge on any atom is 0.350 e. The average molecular weight is 298 g/mol. The third-order valence-electron chi connectivity index (χ3n) is 2.80. The molecule has 1 aromatic heterocycles. The highest BCUT2D eigenvalue weighted by Gasteiger charge is 2.14. The molecule has 0 atom stereocenters. The van der Waals surface area contributed by atoms with Crippen molar-refractivity contribution in [3.63, 3.8) is 0 Å². The van der Waals surface area contributed by atoms with E-state index in [-0.39, 0.29) is 0 Å². The Hall–Kier alpha value is -2.59. The van der Waals surface area contributed by atoms with Gasteiger partial charge in [-0.15, -0.1) is 17.8 Å². The molecule has 5 N–H and O–H groups in total. The van der Waals surface area contributed by atoms with Crippen molar-refractivity contribution in [1.82, 2.24) is 5.43 Å². The Morgan fingerprint density at radius 2 is 2.14 bits per heavy atom. The van der Waals surface area contributed by atoms with E-state index in [4.69, 9.17) is 18.1 Å². The van der Waals surface area contributed by atoms with Crippen LogP contribution in [-0.2, 0) is 0 Å². The zero-order valence-corrected chi connectivity index (χ0v) is 11.9. The molecule has 0 radical (unpaired) electrons. The molecule has 0 fully saturated rings. The number of terminal acetylenes is 1. The van der Waals surface area contributed by atoms with Crippen LogP contribution in [-0.4, -0.2) is 6.03 Å². The van der Waals surface area contributed by atoms with E-state index >= 15 is 0 Å². The maximum absolute atomic E-state index is 11.6. The molecule has 0 aliphatic carbocycles. The number of nitrogens with one attached hydrogen (secondary N) is 1. The standard InChI is InChI=1S/C15H14N4OS/c1-2-11-5-3-7-14(19(17)15(20)18-16)13(11)9-8-12-6-4-10-21-12/h1,3-10H,16-17H2,(H,18,20)/b9-8+. The van der Waals surface area contributed by atoms with Crippen molar-refractivity contribution in [3.05, 3.63) is 51.7 Å². The van der Waals surface area contributed by atoms with Crippen LogP contribution in [0.3, 0.4) is 0 Å². The Labute approximate surface area is 126 Å². The van der Waals surface area contributed by atoms with Crippen molar-refractivity contribution in [2.75, 3.05) is 5.01 Å². The predicted molar refractivity (Wildman–Crippen MR) is 87.0 cm³/mol. The molecule has 1 aromatic carbocycles. The second-order valence-corrected chi connectivity index (χ2v) is 5.03. The first-order valence-corrected chi connectivity index (χ1v) is 6.92. The van der Waals surface area contributed by atoms with E-state index in [1.54, 1.807) is 29.5 Å². The summed E-state index contributed by atoms with van der Waals surface area (Å²) in [6, 6.07) is 8.52. The first-order chi connectivity index (χ1) is 10.2. The predicted octanol–water partition coefficient (Wildman–Crippen LogP) is 2.16. The van der Waals surface area contributed by atoms with Crippen LogP contribution in [0.1, 0.15) is 16.0 Å². The maximum atomic E-state index is 11.6. The van der Waals surface area contributed by atoms with Crippen LogP contribution in [0.4, 0.5) is 10.5 Å². The topological polar surface area (TPSA) is 84.4 Å². The molecule has 5 nitrogen and oxygen atoms in total. The van der Waals surface area contributed by atoms with Crippen LogP contribution in [0.15, 0.2) is 35.7 Å². The Kier molecular flexibility index (Phi) is 4.74. The van der Waals surface area contributed by atoms with Gasteiger partial charge in [0.1, 0.15) is 0 Å². The number of hydrazine groups is 2. The van der Waals surface area contributed by atoms with Crippen molar-refractivity contribution in [2.24, 2.45) is 11.7 Å². The van der Waals surface area contributed by atoms with Gasteiger partial charge in [-0.25, -0.2) is 21.5 Å². The van der Waals surface area contributed by atoms with Crippen molar-refractivity contribution >= 4 is 35.2 Å². The minimum absolute atomic E-state index is 0.473. The molecule has 6 heteroatoms. The Morgan fingerprint density at radius 3 is 2.76 bits per heavy atom. The number of thiophene rings is 1. The van der Waals surface area contributed by atoms with E-state index in [1.807, 2.05) is 35.1 Å². The van der Waals surface area contributed by atoms with E-state index in [2.05, 4.69) is 5.92 Å². The minimum atomic E-state index is -0.630. The van der Waals surface area contributed by atoms with Gasteiger partial charge in [0.2, 0.25) is 0 Å². The number of carbonyl (C=O) groups is 1. The number of urea groups is 1. The number of carbonyl (C=O) groups excluding carboxylic acids is 1. The molecule has 2 aromatic rings. The van der Waals surface area contributed by atoms with Crippen LogP contribution < -0.4 is 22.1 Å². The lowest BCUT2D eigenvalue weighted by atomic mass is 10.0. The number of rotatable bonds is 3. The van der Waals surface area contributed by atoms with Gasteiger partial charge in [0, 0.05) is 16.0 Å². The molecule has 0 aliphatic heterocycles. The summed E-state index contributed by atoms with van der Waals surface area (Å²) in [5.74, 6) is 13.5. The number of nitrogens with two attached hydrogens (primary N) is 2. The quantitative estimate of drug-likeness (QED) is 0.351. The summed E-state index contributed by atoms with van der Waals surface area (Å²) in [5.41, 5.74) is 3.78. The van der Waals surface area contributed by atoms with Crippen LogP contribution in [0.2, 0.25) is 0 Å². The number of amides is 2. The second kappa shape index (κ2) is 6.72. The molecule has 2 rings (SSSR count). The number of nitrogens with zero attached hydrogens (tertiary/aromatic N) is 1. The van der Waals surface area contributed by atoms with E-state index in [9.17, 15) is 4.79 Å². The summed E-state index contributed by atoms with van der Waals surface area (Å²) in [4.78, 5) is 12.7. The molecule has 0 saturated carbocycles. The number of hydrogen-bond acceptors (Lipinski definition) is 4. The Balaban J connectivity index is 2.46. The molecule has 0 bridgehead atoms. The molecule has 2 amide bonds. The van der Waals surface area contributed by atoms with Gasteiger partial charge in [0.25, 0.3) is 0 Å². The molecular formula is C15H14N4OS. The van der Waals surface area contributed by atoms with Gasteiger partial charge in [-0.05, 0) is 29.7 Å². The molecule has 21 heavy (non-hydrogen) atoms. The van der Waals surface area contributed by atoms with Crippen LogP contribution in [0.5, 0.6) is 0 Å². The van der Waals surface area contributed by atoms with Crippen LogP contribution in [0, 0.1) is 12.3 Å². The van der Waals surface area contributed by atoms with Gasteiger partial charge in [0.05, 0.1) is 5.69 Å². The van der Waals surface area contributed by atoms with Gasteiger partial charge in [-0.3, -0.25) is 5.43 Å². The summed E-state index contributed by atoms with van der Waals surface area (Å²) in [6.45, 7) is 0. The fourth-order valence-electron chi connectivity index (χ4n) is 1.79. The monoisotopic (exact) mass is 298 g/mol. The summed E-state index contributed by atoms with van der Waals surface area (Å²) in [5, 5.41) is 2.90. The fraction of sp³-hybridized carbons (Fsp3) is 0. The van der Waals surface area contributed by atoms with Crippen molar-refractivity contribution in [1.29, 1.82) is 0 Å². The molecule has 0 unspecified atom stereocenters. The van der Waals surface area contributed by atoms with E-state index < -0.39 is 6.03 Å². The van der Waals surface area contributed by atoms with E-state index in [0.717, 1.165) is 9.89 Å². The number of hydrogen-bond donors (Lipinski definition) is 3. The van der Waals surface area contributed by atoms with Crippen molar-refractivity contribution < 1.29 is 4.79 Å². The van der Waals surface area contributed by atoms with Crippen LogP contribution in [0.25, 0.3) is 12.2 Å². The lowest BCUT2D eigenvalue weighted by Gasteiger charge is -2.19. The van der Waals surface area contributed by atoms with Gasteiger partial charge >= 0.3 is 6.03 Å². The minimum Gasteiger partial charge on any atom is -0.274 e. The number of benzene rings is 1. The van der Waals surface area contributed by atoms with Gasteiger partial charge in [0.15, 0.2) is 0 Å². The average Bonchev–Trinajstić information content (AvgIpc) is 3.04. The Morgan fingerprint density at radius 1 is 1.33 bits per heavy atom.